The summed E-state index contributed by atoms with van der Waals surface area (Å²) in [5.74, 6) is 1.00. The van der Waals surface area contributed by atoms with E-state index in [0.717, 1.165) is 36.6 Å². The van der Waals surface area contributed by atoms with Gasteiger partial charge in [-0.15, -0.1) is 0 Å². The van der Waals surface area contributed by atoms with Crippen LogP contribution in [0.3, 0.4) is 0 Å². The fourth-order valence-corrected chi connectivity index (χ4v) is 2.32. The monoisotopic (exact) mass is 265 g/mol. The van der Waals surface area contributed by atoms with Gasteiger partial charge in [0.25, 0.3) is 0 Å². The fourth-order valence-electron chi connectivity index (χ4n) is 2.32. The van der Waals surface area contributed by atoms with Crippen molar-refractivity contribution in [2.75, 3.05) is 11.9 Å². The summed E-state index contributed by atoms with van der Waals surface area (Å²) in [6.07, 6.45) is 0.840. The molecule has 3 rings (SSSR count). The molecular weight excluding hydrogens is 250 g/mol. The standard InChI is InChI=1S/C15H15N5/c16-8-14-19-13-6-7-17-10-12(13)15(20-14)18-9-11-4-2-1-3-5-11/h1-5,17H,6-7,9-10H2,(H,18,19,20). The zero-order valence-electron chi connectivity index (χ0n) is 11.1. The largest absolute Gasteiger partial charge is 0.366 e. The average Bonchev–Trinajstić information content (AvgIpc) is 2.53. The molecule has 0 radical (unpaired) electrons. The quantitative estimate of drug-likeness (QED) is 0.882. The number of rotatable bonds is 3. The third kappa shape index (κ3) is 2.60. The molecule has 0 saturated carbocycles. The molecule has 2 aromatic rings. The second-order valence-corrected chi connectivity index (χ2v) is 4.70. The molecule has 1 aromatic heterocycles. The van der Waals surface area contributed by atoms with Crippen LogP contribution < -0.4 is 10.6 Å². The van der Waals surface area contributed by atoms with Crippen molar-refractivity contribution in [1.82, 2.24) is 15.3 Å². The summed E-state index contributed by atoms with van der Waals surface area (Å²) in [5.41, 5.74) is 3.24. The minimum atomic E-state index is 0.237. The van der Waals surface area contributed by atoms with E-state index < -0.39 is 0 Å². The van der Waals surface area contributed by atoms with Crippen LogP contribution in [0.4, 0.5) is 5.82 Å². The highest BCUT2D eigenvalue weighted by Gasteiger charge is 2.17. The highest BCUT2D eigenvalue weighted by Crippen LogP contribution is 2.20. The molecule has 1 aliphatic heterocycles. The first-order valence-electron chi connectivity index (χ1n) is 6.65. The summed E-state index contributed by atoms with van der Waals surface area (Å²) >= 11 is 0. The van der Waals surface area contributed by atoms with Crippen LogP contribution in [0.2, 0.25) is 0 Å². The maximum Gasteiger partial charge on any atom is 0.234 e. The van der Waals surface area contributed by atoms with Gasteiger partial charge < -0.3 is 10.6 Å². The maximum absolute atomic E-state index is 9.03. The molecule has 0 bridgehead atoms. The van der Waals surface area contributed by atoms with E-state index in [1.807, 2.05) is 24.3 Å². The number of benzene rings is 1. The van der Waals surface area contributed by atoms with Gasteiger partial charge >= 0.3 is 0 Å². The predicted molar refractivity (Wildman–Crippen MR) is 75.9 cm³/mol. The van der Waals surface area contributed by atoms with Crippen LogP contribution >= 0.6 is 0 Å². The Morgan fingerprint density at radius 3 is 2.90 bits per heavy atom. The zero-order chi connectivity index (χ0) is 13.8. The number of nitrogens with one attached hydrogen (secondary N) is 2. The lowest BCUT2D eigenvalue weighted by Crippen LogP contribution is -2.26. The van der Waals surface area contributed by atoms with Gasteiger partial charge in [0.2, 0.25) is 5.82 Å². The van der Waals surface area contributed by atoms with Gasteiger partial charge in [-0.25, -0.2) is 9.97 Å². The van der Waals surface area contributed by atoms with Crippen LogP contribution in [-0.2, 0) is 19.5 Å². The number of anilines is 1. The van der Waals surface area contributed by atoms with Gasteiger partial charge in [-0.05, 0) is 5.56 Å². The van der Waals surface area contributed by atoms with Crippen LogP contribution in [0.5, 0.6) is 0 Å². The first kappa shape index (κ1) is 12.6. The Labute approximate surface area is 117 Å². The minimum Gasteiger partial charge on any atom is -0.366 e. The number of fused-ring (bicyclic) bond motifs is 1. The van der Waals surface area contributed by atoms with Gasteiger partial charge in [0.15, 0.2) is 0 Å². The zero-order valence-corrected chi connectivity index (χ0v) is 11.1. The van der Waals surface area contributed by atoms with Gasteiger partial charge in [-0.3, -0.25) is 0 Å². The van der Waals surface area contributed by atoms with Crippen LogP contribution in [0.15, 0.2) is 30.3 Å². The Kier molecular flexibility index (Phi) is 3.57. The highest BCUT2D eigenvalue weighted by atomic mass is 15.1. The number of hydrogen-bond donors (Lipinski definition) is 2. The first-order valence-corrected chi connectivity index (χ1v) is 6.65. The van der Waals surface area contributed by atoms with E-state index in [0.29, 0.717) is 6.54 Å². The molecular formula is C15H15N5. The Hall–Kier alpha value is -2.45. The molecule has 1 aromatic carbocycles. The molecule has 0 spiro atoms. The lowest BCUT2D eigenvalue weighted by atomic mass is 10.1. The summed E-state index contributed by atoms with van der Waals surface area (Å²) in [7, 11) is 0. The molecule has 2 N–H and O–H groups in total. The molecule has 0 atom stereocenters. The number of hydrogen-bond acceptors (Lipinski definition) is 5. The van der Waals surface area contributed by atoms with E-state index in [9.17, 15) is 0 Å². The number of aromatic nitrogens is 2. The minimum absolute atomic E-state index is 0.237. The second kappa shape index (κ2) is 5.68. The molecule has 5 heteroatoms. The molecule has 100 valence electrons. The van der Waals surface area contributed by atoms with Crippen molar-refractivity contribution < 1.29 is 0 Å². The van der Waals surface area contributed by atoms with Gasteiger partial charge in [-0.2, -0.15) is 5.26 Å². The van der Waals surface area contributed by atoms with Gasteiger partial charge in [-0.1, -0.05) is 30.3 Å². The van der Waals surface area contributed by atoms with Gasteiger partial charge in [0, 0.05) is 31.6 Å². The highest BCUT2D eigenvalue weighted by molar-refractivity contribution is 5.49. The Bertz CT molecular complexity index is 645. The first-order chi connectivity index (χ1) is 9.86. The molecule has 20 heavy (non-hydrogen) atoms. The molecule has 0 fully saturated rings. The van der Waals surface area contributed by atoms with Crippen molar-refractivity contribution in [2.24, 2.45) is 0 Å². The normalized spacial score (nSPS) is 13.3. The van der Waals surface area contributed by atoms with Crippen molar-refractivity contribution >= 4 is 5.82 Å². The van der Waals surface area contributed by atoms with E-state index in [4.69, 9.17) is 5.26 Å². The molecule has 1 aliphatic rings. The maximum atomic E-state index is 9.03. The van der Waals surface area contributed by atoms with Crippen LogP contribution in [0, 0.1) is 11.3 Å². The van der Waals surface area contributed by atoms with Crippen molar-refractivity contribution in [3.05, 3.63) is 53.0 Å². The van der Waals surface area contributed by atoms with Crippen molar-refractivity contribution in [2.45, 2.75) is 19.5 Å². The van der Waals surface area contributed by atoms with E-state index >= 15 is 0 Å². The van der Waals surface area contributed by atoms with E-state index in [2.05, 4.69) is 32.7 Å². The topological polar surface area (TPSA) is 73.6 Å². The molecule has 2 heterocycles. The number of nitrogens with zero attached hydrogens (tertiary/aromatic N) is 3. The van der Waals surface area contributed by atoms with E-state index in [-0.39, 0.29) is 5.82 Å². The summed E-state index contributed by atoms with van der Waals surface area (Å²) in [4.78, 5) is 8.59. The van der Waals surface area contributed by atoms with Gasteiger partial charge in [0.1, 0.15) is 11.9 Å². The lowest BCUT2D eigenvalue weighted by Gasteiger charge is -2.19. The molecule has 0 saturated heterocycles. The Morgan fingerprint density at radius 2 is 2.10 bits per heavy atom. The number of nitriles is 1. The van der Waals surface area contributed by atoms with E-state index in [1.54, 1.807) is 0 Å². The molecule has 0 aliphatic carbocycles. The molecule has 0 amide bonds. The van der Waals surface area contributed by atoms with Crippen molar-refractivity contribution in [1.29, 1.82) is 5.26 Å². The third-order valence-electron chi connectivity index (χ3n) is 3.34. The second-order valence-electron chi connectivity index (χ2n) is 4.70. The van der Waals surface area contributed by atoms with Crippen LogP contribution in [0.1, 0.15) is 22.6 Å². The fraction of sp³-hybridized carbons (Fsp3) is 0.267. The average molecular weight is 265 g/mol. The summed E-state index contributed by atoms with van der Waals surface area (Å²) in [6, 6.07) is 12.2. The Balaban J connectivity index is 1.86. The Morgan fingerprint density at radius 1 is 1.25 bits per heavy atom. The predicted octanol–water partition coefficient (Wildman–Crippen LogP) is 1.61. The smallest absolute Gasteiger partial charge is 0.234 e. The van der Waals surface area contributed by atoms with E-state index in [1.165, 1.54) is 5.56 Å². The lowest BCUT2D eigenvalue weighted by molar-refractivity contribution is 0.625. The van der Waals surface area contributed by atoms with Crippen molar-refractivity contribution in [3.8, 4) is 6.07 Å². The van der Waals surface area contributed by atoms with Crippen LogP contribution in [-0.4, -0.2) is 16.5 Å². The SMILES string of the molecule is N#Cc1nc2c(c(NCc3ccccc3)n1)CNCC2. The summed E-state index contributed by atoms with van der Waals surface area (Å²) in [5, 5.41) is 15.7. The van der Waals surface area contributed by atoms with Gasteiger partial charge in [0.05, 0.1) is 5.69 Å². The van der Waals surface area contributed by atoms with Crippen LogP contribution in [0.25, 0.3) is 0 Å². The summed E-state index contributed by atoms with van der Waals surface area (Å²) < 4.78 is 0. The van der Waals surface area contributed by atoms with Crippen molar-refractivity contribution in [3.63, 3.8) is 0 Å². The third-order valence-corrected chi connectivity index (χ3v) is 3.34. The molecule has 0 unspecified atom stereocenters. The molecule has 5 nitrogen and oxygen atoms in total. The summed E-state index contributed by atoms with van der Waals surface area (Å²) in [6.45, 7) is 2.33.